The van der Waals surface area contributed by atoms with Crippen LogP contribution in [-0.2, 0) is 5.41 Å². The summed E-state index contributed by atoms with van der Waals surface area (Å²) in [6.45, 7) is 5.77. The first-order valence-electron chi connectivity index (χ1n) is 6.96. The van der Waals surface area contributed by atoms with E-state index in [0.717, 1.165) is 11.1 Å². The minimum Gasteiger partial charge on any atom is -0.293 e. The van der Waals surface area contributed by atoms with E-state index in [-0.39, 0.29) is 11.6 Å². The first-order chi connectivity index (χ1) is 10.1. The van der Waals surface area contributed by atoms with E-state index >= 15 is 0 Å². The second-order valence-electron chi connectivity index (χ2n) is 5.61. The van der Waals surface area contributed by atoms with Crippen molar-refractivity contribution in [1.82, 2.24) is 0 Å². The van der Waals surface area contributed by atoms with Gasteiger partial charge in [0, 0.05) is 11.1 Å². The van der Waals surface area contributed by atoms with Crippen molar-refractivity contribution in [2.75, 3.05) is 0 Å². The minimum atomic E-state index is -1.14. The first-order valence-corrected chi connectivity index (χ1v) is 6.96. The number of ketones is 2. The van der Waals surface area contributed by atoms with Gasteiger partial charge in [-0.25, -0.2) is 0 Å². The van der Waals surface area contributed by atoms with Crippen molar-refractivity contribution in [2.45, 2.75) is 18.8 Å². The lowest BCUT2D eigenvalue weighted by molar-refractivity contribution is 0.0793. The van der Waals surface area contributed by atoms with Crippen molar-refractivity contribution < 1.29 is 9.59 Å². The highest BCUT2D eigenvalue weighted by molar-refractivity contribution is 6.33. The van der Waals surface area contributed by atoms with Crippen molar-refractivity contribution >= 4 is 11.6 Å². The zero-order valence-electron chi connectivity index (χ0n) is 11.9. The van der Waals surface area contributed by atoms with Gasteiger partial charge < -0.3 is 0 Å². The molecule has 0 spiro atoms. The normalized spacial score (nSPS) is 15.9. The maximum Gasteiger partial charge on any atom is 0.182 e. The molecule has 0 unspecified atom stereocenters. The number of fused-ring (bicyclic) bond motifs is 1. The van der Waals surface area contributed by atoms with Crippen LogP contribution >= 0.6 is 0 Å². The molecule has 0 bridgehead atoms. The summed E-state index contributed by atoms with van der Waals surface area (Å²) < 4.78 is 0. The van der Waals surface area contributed by atoms with Gasteiger partial charge in [-0.1, -0.05) is 60.2 Å². The average molecular weight is 276 g/mol. The fourth-order valence-corrected chi connectivity index (χ4v) is 3.14. The molecule has 0 fully saturated rings. The van der Waals surface area contributed by atoms with Gasteiger partial charge in [0.25, 0.3) is 0 Å². The molecule has 0 aliphatic heterocycles. The van der Waals surface area contributed by atoms with E-state index in [1.54, 1.807) is 24.3 Å². The molecule has 2 aromatic carbocycles. The van der Waals surface area contributed by atoms with E-state index in [0.29, 0.717) is 17.5 Å². The van der Waals surface area contributed by atoms with Gasteiger partial charge in [-0.3, -0.25) is 9.59 Å². The third-order valence-corrected chi connectivity index (χ3v) is 4.03. The Hall–Kier alpha value is -2.48. The minimum absolute atomic E-state index is 0.114. The smallest absolute Gasteiger partial charge is 0.182 e. The van der Waals surface area contributed by atoms with Crippen LogP contribution in [0.4, 0.5) is 0 Å². The third kappa shape index (κ3) is 1.87. The highest BCUT2D eigenvalue weighted by atomic mass is 16.2. The number of allylic oxidation sites excluding steroid dienone is 1. The summed E-state index contributed by atoms with van der Waals surface area (Å²) >= 11 is 0. The van der Waals surface area contributed by atoms with Crippen LogP contribution in [0.3, 0.4) is 0 Å². The predicted molar refractivity (Wildman–Crippen MR) is 82.7 cm³/mol. The quantitative estimate of drug-likeness (QED) is 0.628. The molecule has 0 radical (unpaired) electrons. The van der Waals surface area contributed by atoms with E-state index in [1.807, 2.05) is 37.3 Å². The second-order valence-corrected chi connectivity index (χ2v) is 5.61. The molecule has 0 saturated heterocycles. The lowest BCUT2D eigenvalue weighted by Crippen LogP contribution is -2.38. The van der Waals surface area contributed by atoms with Crippen molar-refractivity contribution in [3.63, 3.8) is 0 Å². The number of Topliss-reactive ketones (excluding diaryl/α,β-unsaturated/α-hetero) is 2. The molecule has 0 aromatic heterocycles. The molecule has 104 valence electrons. The van der Waals surface area contributed by atoms with Gasteiger partial charge in [0.2, 0.25) is 0 Å². The Balaban J connectivity index is 2.26. The number of carbonyl (C=O) groups is 2. The van der Waals surface area contributed by atoms with Crippen LogP contribution in [0.1, 0.15) is 39.6 Å². The lowest BCUT2D eigenvalue weighted by atomic mass is 9.72. The number of hydrogen-bond acceptors (Lipinski definition) is 2. The second kappa shape index (κ2) is 4.81. The largest absolute Gasteiger partial charge is 0.293 e. The topological polar surface area (TPSA) is 34.1 Å². The molecule has 1 aliphatic rings. The van der Waals surface area contributed by atoms with E-state index in [9.17, 15) is 9.59 Å². The van der Waals surface area contributed by atoms with Gasteiger partial charge in [0.1, 0.15) is 5.41 Å². The Bertz CT molecular complexity index is 706. The maximum atomic E-state index is 13.0. The van der Waals surface area contributed by atoms with Gasteiger partial charge in [-0.15, -0.1) is 6.58 Å². The Morgan fingerprint density at radius 3 is 1.86 bits per heavy atom. The van der Waals surface area contributed by atoms with Crippen molar-refractivity contribution in [2.24, 2.45) is 0 Å². The number of benzene rings is 2. The van der Waals surface area contributed by atoms with Gasteiger partial charge in [-0.2, -0.15) is 0 Å². The summed E-state index contributed by atoms with van der Waals surface area (Å²) in [5, 5.41) is 0. The molecule has 0 amide bonds. The summed E-state index contributed by atoms with van der Waals surface area (Å²) in [4.78, 5) is 26.0. The molecular weight excluding hydrogens is 260 g/mol. The van der Waals surface area contributed by atoms with Crippen LogP contribution in [-0.4, -0.2) is 11.6 Å². The van der Waals surface area contributed by atoms with E-state index in [2.05, 4.69) is 6.58 Å². The van der Waals surface area contributed by atoms with Gasteiger partial charge >= 0.3 is 0 Å². The Morgan fingerprint density at radius 1 is 0.905 bits per heavy atom. The monoisotopic (exact) mass is 276 g/mol. The standard InChI is InChI=1S/C19H16O2/c1-13(2)12-19(14-8-4-3-5-9-14)17(20)15-10-6-7-11-16(15)18(19)21/h3-11H,1,12H2,2H3. The highest BCUT2D eigenvalue weighted by Gasteiger charge is 2.53. The number of hydrogen-bond donors (Lipinski definition) is 0. The highest BCUT2D eigenvalue weighted by Crippen LogP contribution is 2.43. The average Bonchev–Trinajstić information content (AvgIpc) is 2.71. The van der Waals surface area contributed by atoms with Crippen LogP contribution in [0.2, 0.25) is 0 Å². The summed E-state index contributed by atoms with van der Waals surface area (Å²) in [5.41, 5.74) is 1.48. The summed E-state index contributed by atoms with van der Waals surface area (Å²) in [7, 11) is 0. The van der Waals surface area contributed by atoms with Crippen LogP contribution in [0.5, 0.6) is 0 Å². The van der Waals surface area contributed by atoms with Crippen molar-refractivity contribution in [1.29, 1.82) is 0 Å². The van der Waals surface area contributed by atoms with Gasteiger partial charge in [0.15, 0.2) is 11.6 Å². The van der Waals surface area contributed by atoms with Gasteiger partial charge in [-0.05, 0) is 18.9 Å². The summed E-state index contributed by atoms with van der Waals surface area (Å²) in [6, 6.07) is 16.4. The molecule has 21 heavy (non-hydrogen) atoms. The molecule has 2 aromatic rings. The van der Waals surface area contributed by atoms with Crippen molar-refractivity contribution in [3.05, 3.63) is 83.4 Å². The van der Waals surface area contributed by atoms with E-state index in [1.165, 1.54) is 0 Å². The van der Waals surface area contributed by atoms with E-state index < -0.39 is 5.41 Å². The van der Waals surface area contributed by atoms with Crippen LogP contribution in [0, 0.1) is 0 Å². The fraction of sp³-hybridized carbons (Fsp3) is 0.158. The Labute approximate surface area is 124 Å². The van der Waals surface area contributed by atoms with Gasteiger partial charge in [0.05, 0.1) is 0 Å². The third-order valence-electron chi connectivity index (χ3n) is 4.03. The lowest BCUT2D eigenvalue weighted by Gasteiger charge is -2.26. The molecule has 2 nitrogen and oxygen atoms in total. The van der Waals surface area contributed by atoms with Crippen LogP contribution in [0.25, 0.3) is 0 Å². The zero-order chi connectivity index (χ0) is 15.0. The predicted octanol–water partition coefficient (Wildman–Crippen LogP) is 3.97. The van der Waals surface area contributed by atoms with Crippen molar-refractivity contribution in [3.8, 4) is 0 Å². The SMILES string of the molecule is C=C(C)CC1(c2ccccc2)C(=O)c2ccccc2C1=O. The molecule has 1 aliphatic carbocycles. The molecule has 3 rings (SSSR count). The first kappa shape index (κ1) is 13.5. The maximum absolute atomic E-state index is 13.0. The number of carbonyl (C=O) groups excluding carboxylic acids is 2. The molecule has 0 heterocycles. The fourth-order valence-electron chi connectivity index (χ4n) is 3.14. The van der Waals surface area contributed by atoms with E-state index in [4.69, 9.17) is 0 Å². The zero-order valence-corrected chi connectivity index (χ0v) is 11.9. The molecular formula is C19H16O2. The summed E-state index contributed by atoms with van der Waals surface area (Å²) in [6.07, 6.45) is 0.351. The molecule has 2 heteroatoms. The molecule has 0 atom stereocenters. The summed E-state index contributed by atoms with van der Waals surface area (Å²) in [5.74, 6) is -0.227. The van der Waals surface area contributed by atoms with Crippen LogP contribution < -0.4 is 0 Å². The Kier molecular flexibility index (Phi) is 3.09. The molecule has 0 N–H and O–H groups in total. The van der Waals surface area contributed by atoms with Crippen LogP contribution in [0.15, 0.2) is 66.7 Å². The number of rotatable bonds is 3. The molecule has 0 saturated carbocycles. The Morgan fingerprint density at radius 2 is 1.38 bits per heavy atom.